The predicted octanol–water partition coefficient (Wildman–Crippen LogP) is 6.96. The highest BCUT2D eigenvalue weighted by Gasteiger charge is 2.01. The predicted molar refractivity (Wildman–Crippen MR) is 112 cm³/mol. The number of anilines is 1. The van der Waals surface area contributed by atoms with E-state index in [9.17, 15) is 4.79 Å². The van der Waals surface area contributed by atoms with Crippen LogP contribution in [0.5, 0.6) is 0 Å². The Morgan fingerprint density at radius 3 is 2.12 bits per heavy atom. The average Bonchev–Trinajstić information content (AvgIpc) is 2.56. The number of hydrogen-bond acceptors (Lipinski definition) is 2. The van der Waals surface area contributed by atoms with E-state index in [1.165, 1.54) is 16.7 Å². The molecule has 0 aliphatic heterocycles. The number of allylic oxidation sites excluding steroid dienone is 5. The fourth-order valence-electron chi connectivity index (χ4n) is 2.39. The van der Waals surface area contributed by atoms with Crippen LogP contribution < -0.4 is 5.32 Å². The van der Waals surface area contributed by atoms with Crippen LogP contribution in [0.15, 0.2) is 59.2 Å². The van der Waals surface area contributed by atoms with E-state index < -0.39 is 6.09 Å². The van der Waals surface area contributed by atoms with E-state index in [4.69, 9.17) is 4.74 Å². The number of carbonyl (C=O) groups excluding carboxylic acids is 1. The molecule has 1 rings (SSSR count). The van der Waals surface area contributed by atoms with Gasteiger partial charge in [0, 0.05) is 5.69 Å². The molecule has 0 aromatic heterocycles. The van der Waals surface area contributed by atoms with Crippen molar-refractivity contribution in [3.8, 4) is 0 Å². The molecule has 3 nitrogen and oxygen atoms in total. The summed E-state index contributed by atoms with van der Waals surface area (Å²) < 4.78 is 5.20. The van der Waals surface area contributed by atoms with Gasteiger partial charge < -0.3 is 4.74 Å². The van der Waals surface area contributed by atoms with E-state index in [-0.39, 0.29) is 0 Å². The molecule has 0 saturated heterocycles. The van der Waals surface area contributed by atoms with Gasteiger partial charge in [0.2, 0.25) is 0 Å². The van der Waals surface area contributed by atoms with Crippen LogP contribution >= 0.6 is 0 Å². The van der Waals surface area contributed by atoms with Crippen molar-refractivity contribution >= 4 is 11.8 Å². The molecular formula is C23H33NO2. The van der Waals surface area contributed by atoms with Crippen molar-refractivity contribution < 1.29 is 9.53 Å². The molecule has 0 atom stereocenters. The lowest BCUT2D eigenvalue weighted by molar-refractivity contribution is 0.174. The second-order valence-corrected chi connectivity index (χ2v) is 7.05. The van der Waals surface area contributed by atoms with Gasteiger partial charge in [-0.15, -0.1) is 0 Å². The first-order valence-corrected chi connectivity index (χ1v) is 9.32. The molecule has 1 amide bonds. The summed E-state index contributed by atoms with van der Waals surface area (Å²) in [5.41, 5.74) is 5.95. The minimum atomic E-state index is -0.423. The number of rotatable bonds is 9. The average molecular weight is 356 g/mol. The van der Waals surface area contributed by atoms with E-state index in [1.54, 1.807) is 0 Å². The Morgan fingerprint density at radius 1 is 0.923 bits per heavy atom. The molecule has 26 heavy (non-hydrogen) atoms. The lowest BCUT2D eigenvalue weighted by atomic mass is 10.1. The summed E-state index contributed by atoms with van der Waals surface area (Å²) in [7, 11) is 0. The minimum Gasteiger partial charge on any atom is -0.445 e. The molecule has 0 heterocycles. The largest absolute Gasteiger partial charge is 0.445 e. The quantitative estimate of drug-likeness (QED) is 0.486. The SMILES string of the molecule is CC(C)=CCC/C(C)=C/CC/C(C)=C/COC(=O)Nc1ccc(C)cc1. The van der Waals surface area contributed by atoms with Gasteiger partial charge >= 0.3 is 6.09 Å². The van der Waals surface area contributed by atoms with Crippen LogP contribution in [-0.4, -0.2) is 12.7 Å². The lowest BCUT2D eigenvalue weighted by Gasteiger charge is -2.06. The van der Waals surface area contributed by atoms with Gasteiger partial charge in [-0.2, -0.15) is 0 Å². The number of hydrogen-bond donors (Lipinski definition) is 1. The highest BCUT2D eigenvalue weighted by Crippen LogP contribution is 2.12. The van der Waals surface area contributed by atoms with E-state index in [1.807, 2.05) is 37.3 Å². The summed E-state index contributed by atoms with van der Waals surface area (Å²) in [6.45, 7) is 10.8. The second-order valence-electron chi connectivity index (χ2n) is 7.05. The zero-order valence-electron chi connectivity index (χ0n) is 16.9. The highest BCUT2D eigenvalue weighted by atomic mass is 16.5. The smallest absolute Gasteiger partial charge is 0.411 e. The van der Waals surface area contributed by atoms with Crippen LogP contribution in [0.1, 0.15) is 58.9 Å². The van der Waals surface area contributed by atoms with Crippen LogP contribution in [-0.2, 0) is 4.74 Å². The van der Waals surface area contributed by atoms with Gasteiger partial charge in [0.15, 0.2) is 0 Å². The van der Waals surface area contributed by atoms with Gasteiger partial charge in [-0.1, -0.05) is 46.6 Å². The third kappa shape index (κ3) is 10.5. The molecule has 0 bridgehead atoms. The first-order chi connectivity index (χ1) is 12.4. The maximum atomic E-state index is 11.8. The van der Waals surface area contributed by atoms with Gasteiger partial charge in [0.1, 0.15) is 6.61 Å². The van der Waals surface area contributed by atoms with Gasteiger partial charge in [-0.3, -0.25) is 5.32 Å². The molecule has 0 aliphatic carbocycles. The van der Waals surface area contributed by atoms with E-state index >= 15 is 0 Å². The summed E-state index contributed by atoms with van der Waals surface area (Å²) in [5.74, 6) is 0. The topological polar surface area (TPSA) is 38.3 Å². The maximum absolute atomic E-state index is 11.8. The van der Waals surface area contributed by atoms with Gasteiger partial charge in [-0.25, -0.2) is 4.79 Å². The monoisotopic (exact) mass is 355 g/mol. The standard InChI is InChI=1S/C23H33NO2/c1-18(2)8-6-9-19(3)10-7-11-20(4)16-17-26-23(25)24-22-14-12-21(5)13-15-22/h8,10,12-16H,6-7,9,11,17H2,1-5H3,(H,24,25)/b19-10+,20-16+. The number of amides is 1. The molecular weight excluding hydrogens is 322 g/mol. The van der Waals surface area contributed by atoms with Crippen molar-refractivity contribution in [1.29, 1.82) is 0 Å². The fourth-order valence-corrected chi connectivity index (χ4v) is 2.39. The summed E-state index contributed by atoms with van der Waals surface area (Å²) >= 11 is 0. The third-order valence-corrected chi connectivity index (χ3v) is 4.07. The van der Waals surface area contributed by atoms with Crippen LogP contribution in [0.25, 0.3) is 0 Å². The summed E-state index contributed by atoms with van der Waals surface area (Å²) in [6.07, 6.45) is 10.4. The van der Waals surface area contributed by atoms with Gasteiger partial charge in [-0.05, 0) is 78.5 Å². The van der Waals surface area contributed by atoms with Crippen molar-refractivity contribution in [3.05, 3.63) is 64.8 Å². The lowest BCUT2D eigenvalue weighted by Crippen LogP contribution is -2.13. The highest BCUT2D eigenvalue weighted by molar-refractivity contribution is 5.84. The van der Waals surface area contributed by atoms with Gasteiger partial charge in [0.05, 0.1) is 0 Å². The zero-order valence-corrected chi connectivity index (χ0v) is 16.9. The normalized spacial score (nSPS) is 11.9. The molecule has 0 spiro atoms. The molecule has 0 unspecified atom stereocenters. The van der Waals surface area contributed by atoms with Crippen LogP contribution in [0.2, 0.25) is 0 Å². The van der Waals surface area contributed by atoms with E-state index in [0.29, 0.717) is 6.61 Å². The van der Waals surface area contributed by atoms with Crippen molar-refractivity contribution in [1.82, 2.24) is 0 Å². The van der Waals surface area contributed by atoms with Crippen LogP contribution in [0.3, 0.4) is 0 Å². The molecule has 142 valence electrons. The number of carbonyl (C=O) groups is 1. The molecule has 0 radical (unpaired) electrons. The first-order valence-electron chi connectivity index (χ1n) is 9.32. The number of aryl methyl sites for hydroxylation is 1. The second kappa shape index (κ2) is 12.1. The first kappa shape index (κ1) is 21.8. The van der Waals surface area contributed by atoms with Crippen molar-refractivity contribution in [2.24, 2.45) is 0 Å². The Labute approximate surface area is 158 Å². The molecule has 1 aromatic rings. The number of ether oxygens (including phenoxy) is 1. The summed E-state index contributed by atoms with van der Waals surface area (Å²) in [5, 5.41) is 2.72. The number of benzene rings is 1. The molecule has 0 aliphatic rings. The Kier molecular flexibility index (Phi) is 10.1. The van der Waals surface area contributed by atoms with Crippen molar-refractivity contribution in [2.75, 3.05) is 11.9 Å². The molecule has 1 N–H and O–H groups in total. The van der Waals surface area contributed by atoms with Crippen LogP contribution in [0, 0.1) is 6.92 Å². The number of nitrogens with one attached hydrogen (secondary N) is 1. The van der Waals surface area contributed by atoms with Crippen LogP contribution in [0.4, 0.5) is 10.5 Å². The Balaban J connectivity index is 2.25. The summed E-state index contributed by atoms with van der Waals surface area (Å²) in [6, 6.07) is 7.64. The summed E-state index contributed by atoms with van der Waals surface area (Å²) in [4.78, 5) is 11.8. The molecule has 0 fully saturated rings. The zero-order chi connectivity index (χ0) is 19.4. The van der Waals surface area contributed by atoms with Crippen molar-refractivity contribution in [3.63, 3.8) is 0 Å². The molecule has 3 heteroatoms. The Morgan fingerprint density at radius 2 is 1.50 bits per heavy atom. The van der Waals surface area contributed by atoms with E-state index in [0.717, 1.165) is 36.9 Å². The van der Waals surface area contributed by atoms with E-state index in [2.05, 4.69) is 45.2 Å². The van der Waals surface area contributed by atoms with Gasteiger partial charge in [0.25, 0.3) is 0 Å². The fraction of sp³-hybridized carbons (Fsp3) is 0.435. The minimum absolute atomic E-state index is 0.298. The Bertz CT molecular complexity index is 647. The Hall–Kier alpha value is -2.29. The third-order valence-electron chi connectivity index (χ3n) is 4.07. The van der Waals surface area contributed by atoms with Crippen molar-refractivity contribution in [2.45, 2.75) is 60.3 Å². The molecule has 0 saturated carbocycles. The maximum Gasteiger partial charge on any atom is 0.411 e. The molecule has 1 aromatic carbocycles.